The Labute approximate surface area is 112 Å². The molecule has 0 spiro atoms. The molecular weight excluding hydrogens is 246 g/mol. The average molecular weight is 266 g/mol. The average Bonchev–Trinajstić information content (AvgIpc) is 3.18. The van der Waals surface area contributed by atoms with Crippen molar-refractivity contribution in [3.8, 4) is 0 Å². The predicted molar refractivity (Wildman–Crippen MR) is 70.7 cm³/mol. The first-order valence-electron chi connectivity index (χ1n) is 7.05. The number of benzene rings is 1. The molecule has 1 heterocycles. The van der Waals surface area contributed by atoms with Crippen molar-refractivity contribution < 1.29 is 8.78 Å². The molecule has 0 amide bonds. The van der Waals surface area contributed by atoms with Crippen molar-refractivity contribution in [1.29, 1.82) is 0 Å². The second-order valence-electron chi connectivity index (χ2n) is 5.84. The standard InChI is InChI=1S/C15H20F2N2/c1-10-8-19(15(7-18-10)11-5-6-11)9-12-13(16)3-2-4-14(12)17/h2-4,10-11,15,18H,5-9H2,1H3. The zero-order chi connectivity index (χ0) is 13.4. The fourth-order valence-corrected chi connectivity index (χ4v) is 3.02. The van der Waals surface area contributed by atoms with Gasteiger partial charge in [-0.25, -0.2) is 8.78 Å². The summed E-state index contributed by atoms with van der Waals surface area (Å²) in [6.45, 7) is 4.29. The van der Waals surface area contributed by atoms with Crippen molar-refractivity contribution in [2.24, 2.45) is 5.92 Å². The Hall–Kier alpha value is -1.00. The summed E-state index contributed by atoms with van der Waals surface area (Å²) in [5.41, 5.74) is 0.210. The second kappa shape index (κ2) is 5.17. The Morgan fingerprint density at radius 2 is 1.95 bits per heavy atom. The molecule has 1 aliphatic carbocycles. The van der Waals surface area contributed by atoms with E-state index in [2.05, 4.69) is 17.1 Å². The molecule has 0 aromatic heterocycles. The monoisotopic (exact) mass is 266 g/mol. The van der Waals surface area contributed by atoms with Gasteiger partial charge in [0.2, 0.25) is 0 Å². The summed E-state index contributed by atoms with van der Waals surface area (Å²) in [5, 5.41) is 3.47. The molecule has 1 aliphatic heterocycles. The largest absolute Gasteiger partial charge is 0.311 e. The fraction of sp³-hybridized carbons (Fsp3) is 0.600. The quantitative estimate of drug-likeness (QED) is 0.904. The zero-order valence-electron chi connectivity index (χ0n) is 11.2. The minimum absolute atomic E-state index is 0.210. The first-order chi connectivity index (χ1) is 9.15. The van der Waals surface area contributed by atoms with E-state index in [-0.39, 0.29) is 5.56 Å². The summed E-state index contributed by atoms with van der Waals surface area (Å²) in [4.78, 5) is 2.25. The van der Waals surface area contributed by atoms with Crippen LogP contribution in [0, 0.1) is 17.6 Å². The third kappa shape index (κ3) is 2.79. The minimum atomic E-state index is -0.430. The minimum Gasteiger partial charge on any atom is -0.311 e. The van der Waals surface area contributed by atoms with E-state index in [1.165, 1.54) is 31.0 Å². The summed E-state index contributed by atoms with van der Waals surface area (Å²) in [6.07, 6.45) is 2.49. The number of rotatable bonds is 3. The molecular formula is C15H20F2N2. The maximum absolute atomic E-state index is 13.8. The fourth-order valence-electron chi connectivity index (χ4n) is 3.02. The Balaban J connectivity index is 1.79. The van der Waals surface area contributed by atoms with Crippen LogP contribution in [0.3, 0.4) is 0 Å². The van der Waals surface area contributed by atoms with Crippen LogP contribution >= 0.6 is 0 Å². The maximum Gasteiger partial charge on any atom is 0.130 e. The van der Waals surface area contributed by atoms with E-state index in [0.717, 1.165) is 13.1 Å². The van der Waals surface area contributed by atoms with Crippen molar-refractivity contribution >= 4 is 0 Å². The van der Waals surface area contributed by atoms with Gasteiger partial charge in [-0.2, -0.15) is 0 Å². The van der Waals surface area contributed by atoms with Crippen LogP contribution in [0.4, 0.5) is 8.78 Å². The van der Waals surface area contributed by atoms with Gasteiger partial charge in [0.25, 0.3) is 0 Å². The molecule has 1 saturated heterocycles. The first kappa shape index (κ1) is 13.0. The van der Waals surface area contributed by atoms with E-state index in [9.17, 15) is 8.78 Å². The number of nitrogens with one attached hydrogen (secondary N) is 1. The van der Waals surface area contributed by atoms with Gasteiger partial charge in [-0.1, -0.05) is 6.07 Å². The first-order valence-corrected chi connectivity index (χ1v) is 7.05. The molecule has 0 bridgehead atoms. The highest BCUT2D eigenvalue weighted by Crippen LogP contribution is 2.37. The van der Waals surface area contributed by atoms with E-state index in [1.54, 1.807) is 0 Å². The highest BCUT2D eigenvalue weighted by atomic mass is 19.1. The maximum atomic E-state index is 13.8. The normalized spacial score (nSPS) is 28.6. The van der Waals surface area contributed by atoms with Gasteiger partial charge in [0.15, 0.2) is 0 Å². The summed E-state index contributed by atoms with van der Waals surface area (Å²) < 4.78 is 27.5. The molecule has 1 aromatic rings. The molecule has 2 atom stereocenters. The topological polar surface area (TPSA) is 15.3 Å². The zero-order valence-corrected chi connectivity index (χ0v) is 11.2. The van der Waals surface area contributed by atoms with E-state index < -0.39 is 11.6 Å². The van der Waals surface area contributed by atoms with Gasteiger partial charge in [-0.05, 0) is 37.8 Å². The van der Waals surface area contributed by atoms with Crippen LogP contribution in [0.5, 0.6) is 0 Å². The van der Waals surface area contributed by atoms with Gasteiger partial charge >= 0.3 is 0 Å². The van der Waals surface area contributed by atoms with Crippen LogP contribution in [0.25, 0.3) is 0 Å². The lowest BCUT2D eigenvalue weighted by atomic mass is 10.0. The lowest BCUT2D eigenvalue weighted by Gasteiger charge is -2.39. The highest BCUT2D eigenvalue weighted by Gasteiger charge is 2.38. The van der Waals surface area contributed by atoms with Crippen molar-refractivity contribution in [2.45, 2.75) is 38.4 Å². The summed E-state index contributed by atoms with van der Waals surface area (Å²) >= 11 is 0. The third-order valence-electron chi connectivity index (χ3n) is 4.24. The number of hydrogen-bond donors (Lipinski definition) is 1. The molecule has 1 N–H and O–H groups in total. The number of halogens is 2. The van der Waals surface area contributed by atoms with Gasteiger partial charge in [0.1, 0.15) is 11.6 Å². The van der Waals surface area contributed by atoms with E-state index >= 15 is 0 Å². The van der Waals surface area contributed by atoms with E-state index in [0.29, 0.717) is 24.5 Å². The van der Waals surface area contributed by atoms with Crippen LogP contribution in [-0.4, -0.2) is 30.1 Å². The van der Waals surface area contributed by atoms with Gasteiger partial charge in [-0.3, -0.25) is 4.90 Å². The summed E-state index contributed by atoms with van der Waals surface area (Å²) in [7, 11) is 0. The molecule has 2 aliphatic rings. The van der Waals surface area contributed by atoms with Crippen LogP contribution in [0.2, 0.25) is 0 Å². The van der Waals surface area contributed by atoms with Crippen molar-refractivity contribution in [1.82, 2.24) is 10.2 Å². The SMILES string of the molecule is CC1CN(Cc2c(F)cccc2F)C(C2CC2)CN1. The Bertz CT molecular complexity index is 439. The highest BCUT2D eigenvalue weighted by molar-refractivity contribution is 5.20. The van der Waals surface area contributed by atoms with Crippen LogP contribution in [-0.2, 0) is 6.54 Å². The molecule has 3 rings (SSSR count). The van der Waals surface area contributed by atoms with Gasteiger partial charge in [-0.15, -0.1) is 0 Å². The molecule has 2 unspecified atom stereocenters. The number of nitrogens with zero attached hydrogens (tertiary/aromatic N) is 1. The smallest absolute Gasteiger partial charge is 0.130 e. The Morgan fingerprint density at radius 1 is 1.26 bits per heavy atom. The van der Waals surface area contributed by atoms with Crippen molar-refractivity contribution in [2.75, 3.05) is 13.1 Å². The Kier molecular flexibility index (Phi) is 3.54. The lowest BCUT2D eigenvalue weighted by molar-refractivity contribution is 0.109. The third-order valence-corrected chi connectivity index (χ3v) is 4.24. The summed E-state index contributed by atoms with van der Waals surface area (Å²) in [6, 6.07) is 4.92. The number of piperazine rings is 1. The molecule has 2 fully saturated rings. The molecule has 4 heteroatoms. The van der Waals surface area contributed by atoms with Crippen LogP contribution in [0.1, 0.15) is 25.3 Å². The van der Waals surface area contributed by atoms with Crippen molar-refractivity contribution in [3.05, 3.63) is 35.4 Å². The van der Waals surface area contributed by atoms with Gasteiger partial charge in [0, 0.05) is 37.3 Å². The van der Waals surface area contributed by atoms with Crippen LogP contribution in [0.15, 0.2) is 18.2 Å². The van der Waals surface area contributed by atoms with Gasteiger partial charge < -0.3 is 5.32 Å². The van der Waals surface area contributed by atoms with E-state index in [1.807, 2.05) is 0 Å². The lowest BCUT2D eigenvalue weighted by Crippen LogP contribution is -2.56. The molecule has 2 nitrogen and oxygen atoms in total. The number of hydrogen-bond acceptors (Lipinski definition) is 2. The summed E-state index contributed by atoms with van der Waals surface area (Å²) in [5.74, 6) is -0.156. The molecule has 19 heavy (non-hydrogen) atoms. The van der Waals surface area contributed by atoms with Crippen molar-refractivity contribution in [3.63, 3.8) is 0 Å². The van der Waals surface area contributed by atoms with Crippen LogP contribution < -0.4 is 5.32 Å². The Morgan fingerprint density at radius 3 is 2.58 bits per heavy atom. The second-order valence-corrected chi connectivity index (χ2v) is 5.84. The van der Waals surface area contributed by atoms with E-state index in [4.69, 9.17) is 0 Å². The molecule has 1 aromatic carbocycles. The van der Waals surface area contributed by atoms with Gasteiger partial charge in [0.05, 0.1) is 0 Å². The molecule has 1 saturated carbocycles. The molecule has 0 radical (unpaired) electrons. The predicted octanol–water partition coefficient (Wildman–Crippen LogP) is 2.54. The molecule has 104 valence electrons.